The Labute approximate surface area is 135 Å². The predicted molar refractivity (Wildman–Crippen MR) is 93.3 cm³/mol. The summed E-state index contributed by atoms with van der Waals surface area (Å²) >= 11 is 9.64. The van der Waals surface area contributed by atoms with E-state index in [9.17, 15) is 0 Å². The molecule has 0 bridgehead atoms. The summed E-state index contributed by atoms with van der Waals surface area (Å²) in [6, 6.07) is 14.7. The monoisotopic (exact) mass is 330 g/mol. The molecule has 1 N–H and O–H groups in total. The van der Waals surface area contributed by atoms with E-state index in [0.29, 0.717) is 5.29 Å². The van der Waals surface area contributed by atoms with Crippen molar-refractivity contribution in [2.75, 3.05) is 0 Å². The Hall–Kier alpha value is -1.62. The number of amidine groups is 1. The van der Waals surface area contributed by atoms with Gasteiger partial charge in [0.1, 0.15) is 6.04 Å². The van der Waals surface area contributed by atoms with E-state index in [1.54, 1.807) is 22.7 Å². The van der Waals surface area contributed by atoms with Crippen LogP contribution in [0.4, 0.5) is 0 Å². The fourth-order valence-electron chi connectivity index (χ4n) is 2.37. The molecule has 0 aliphatic carbocycles. The van der Waals surface area contributed by atoms with Gasteiger partial charge in [-0.25, -0.2) is 4.99 Å². The molecule has 0 radical (unpaired) electrons. The Bertz CT molecular complexity index is 813. The molecule has 1 aliphatic heterocycles. The second-order valence-electron chi connectivity index (χ2n) is 4.73. The molecule has 2 nitrogen and oxygen atoms in total. The maximum absolute atomic E-state index is 6.18. The van der Waals surface area contributed by atoms with E-state index in [4.69, 9.17) is 11.6 Å². The van der Waals surface area contributed by atoms with Crippen molar-refractivity contribution in [3.05, 3.63) is 63.7 Å². The van der Waals surface area contributed by atoms with E-state index in [-0.39, 0.29) is 6.04 Å². The third-order valence-corrected chi connectivity index (χ3v) is 5.62. The Morgan fingerprint density at radius 2 is 2.05 bits per heavy atom. The van der Waals surface area contributed by atoms with Crippen LogP contribution in [0.3, 0.4) is 0 Å². The van der Waals surface area contributed by atoms with E-state index in [0.717, 1.165) is 5.70 Å². The van der Waals surface area contributed by atoms with Crippen LogP contribution in [-0.2, 0) is 0 Å². The van der Waals surface area contributed by atoms with Gasteiger partial charge in [0.2, 0.25) is 0 Å². The van der Waals surface area contributed by atoms with Crippen LogP contribution in [0.5, 0.6) is 0 Å². The van der Waals surface area contributed by atoms with Gasteiger partial charge in [-0.3, -0.25) is 0 Å². The molecule has 0 amide bonds. The molecule has 1 unspecified atom stereocenters. The first-order valence-corrected chi connectivity index (χ1v) is 8.61. The molecule has 0 saturated heterocycles. The molecule has 3 heterocycles. The summed E-state index contributed by atoms with van der Waals surface area (Å²) in [7, 11) is 0. The quantitative estimate of drug-likeness (QED) is 0.638. The van der Waals surface area contributed by atoms with Gasteiger partial charge in [0.05, 0.1) is 10.6 Å². The number of thiophene rings is 2. The minimum Gasteiger partial charge on any atom is -0.330 e. The average Bonchev–Trinajstić information content (AvgIpc) is 3.16. The SMILES string of the molecule is ClC1=NC(c2cccs2)C=C(c2cc3ccccc3s2)N1. The zero-order valence-corrected chi connectivity index (χ0v) is 13.3. The highest BCUT2D eigenvalue weighted by molar-refractivity contribution is 7.20. The fourth-order valence-corrected chi connectivity index (χ4v) is 4.35. The third kappa shape index (κ3) is 2.50. The molecule has 4 rings (SSSR count). The molecule has 3 aromatic rings. The Balaban J connectivity index is 1.76. The first kappa shape index (κ1) is 13.1. The number of halogens is 1. The van der Waals surface area contributed by atoms with Crippen LogP contribution in [0.25, 0.3) is 15.8 Å². The summed E-state index contributed by atoms with van der Waals surface area (Å²) in [6.07, 6.45) is 2.14. The Morgan fingerprint density at radius 1 is 1.14 bits per heavy atom. The molecular formula is C16H11ClN2S2. The van der Waals surface area contributed by atoms with Crippen molar-refractivity contribution in [1.82, 2.24) is 5.32 Å². The van der Waals surface area contributed by atoms with E-state index < -0.39 is 0 Å². The van der Waals surface area contributed by atoms with Gasteiger partial charge < -0.3 is 5.32 Å². The molecule has 21 heavy (non-hydrogen) atoms. The Morgan fingerprint density at radius 3 is 2.86 bits per heavy atom. The van der Waals surface area contributed by atoms with Crippen LogP contribution < -0.4 is 5.32 Å². The fraction of sp³-hybridized carbons (Fsp3) is 0.0625. The summed E-state index contributed by atoms with van der Waals surface area (Å²) in [6.45, 7) is 0. The zero-order valence-electron chi connectivity index (χ0n) is 10.9. The number of fused-ring (bicyclic) bond motifs is 1. The number of hydrogen-bond acceptors (Lipinski definition) is 4. The van der Waals surface area contributed by atoms with Crippen molar-refractivity contribution >= 4 is 55.4 Å². The van der Waals surface area contributed by atoms with Crippen LogP contribution in [0, 0.1) is 0 Å². The van der Waals surface area contributed by atoms with E-state index in [1.165, 1.54) is 19.8 Å². The molecule has 1 aliphatic rings. The lowest BCUT2D eigenvalue weighted by molar-refractivity contribution is 0.910. The van der Waals surface area contributed by atoms with E-state index in [1.807, 2.05) is 6.07 Å². The van der Waals surface area contributed by atoms with Crippen molar-refractivity contribution in [1.29, 1.82) is 0 Å². The molecule has 1 aromatic carbocycles. The molecule has 104 valence electrons. The van der Waals surface area contributed by atoms with Crippen LogP contribution in [-0.4, -0.2) is 5.29 Å². The summed E-state index contributed by atoms with van der Waals surface area (Å²) in [5.74, 6) is 0. The van der Waals surface area contributed by atoms with E-state index in [2.05, 4.69) is 58.2 Å². The standard InChI is InChI=1S/C16H11ClN2S2/c17-16-18-11(14-6-3-7-20-14)9-12(19-16)15-8-10-4-1-2-5-13(10)21-15/h1-9,11H,(H,18,19). The van der Waals surface area contributed by atoms with Crippen LogP contribution >= 0.6 is 34.3 Å². The average molecular weight is 331 g/mol. The minimum absolute atomic E-state index is 0.000961. The summed E-state index contributed by atoms with van der Waals surface area (Å²) in [4.78, 5) is 6.85. The lowest BCUT2D eigenvalue weighted by atomic mass is 10.1. The summed E-state index contributed by atoms with van der Waals surface area (Å²) in [5, 5.41) is 6.94. The minimum atomic E-state index is -0.000961. The van der Waals surface area contributed by atoms with Crippen LogP contribution in [0.1, 0.15) is 15.8 Å². The second-order valence-corrected chi connectivity index (χ2v) is 7.16. The lowest BCUT2D eigenvalue weighted by Crippen LogP contribution is -2.21. The van der Waals surface area contributed by atoms with Crippen LogP contribution in [0.2, 0.25) is 0 Å². The van der Waals surface area contributed by atoms with Crippen molar-refractivity contribution in [2.45, 2.75) is 6.04 Å². The highest BCUT2D eigenvalue weighted by Crippen LogP contribution is 2.34. The van der Waals surface area contributed by atoms with Crippen molar-refractivity contribution in [2.24, 2.45) is 4.99 Å². The predicted octanol–water partition coefficient (Wildman–Crippen LogP) is 5.24. The first-order valence-electron chi connectivity index (χ1n) is 6.54. The highest BCUT2D eigenvalue weighted by Gasteiger charge is 2.18. The summed E-state index contributed by atoms with van der Waals surface area (Å²) in [5.41, 5.74) is 1.04. The largest absolute Gasteiger partial charge is 0.330 e. The zero-order chi connectivity index (χ0) is 14.2. The van der Waals surface area contributed by atoms with Crippen molar-refractivity contribution in [3.63, 3.8) is 0 Å². The van der Waals surface area contributed by atoms with E-state index >= 15 is 0 Å². The van der Waals surface area contributed by atoms with Crippen LogP contribution in [0.15, 0.2) is 58.9 Å². The van der Waals surface area contributed by atoms with Gasteiger partial charge in [0.15, 0.2) is 5.29 Å². The van der Waals surface area contributed by atoms with Crippen molar-refractivity contribution < 1.29 is 0 Å². The van der Waals surface area contributed by atoms with Gasteiger partial charge in [-0.05, 0) is 46.6 Å². The number of nitrogens with one attached hydrogen (secondary N) is 1. The number of rotatable bonds is 2. The normalized spacial score (nSPS) is 18.2. The number of aliphatic imine (C=N–C) groups is 1. The maximum Gasteiger partial charge on any atom is 0.196 e. The molecule has 0 fully saturated rings. The molecular weight excluding hydrogens is 320 g/mol. The number of benzene rings is 1. The number of nitrogens with zero attached hydrogens (tertiary/aromatic N) is 1. The van der Waals surface area contributed by atoms with Gasteiger partial charge >= 0.3 is 0 Å². The molecule has 1 atom stereocenters. The van der Waals surface area contributed by atoms with Gasteiger partial charge in [-0.15, -0.1) is 22.7 Å². The third-order valence-electron chi connectivity index (χ3n) is 3.34. The van der Waals surface area contributed by atoms with Crippen molar-refractivity contribution in [3.8, 4) is 0 Å². The van der Waals surface area contributed by atoms with Gasteiger partial charge in [-0.2, -0.15) is 0 Å². The molecule has 0 spiro atoms. The van der Waals surface area contributed by atoms with Gasteiger partial charge in [0.25, 0.3) is 0 Å². The number of hydrogen-bond donors (Lipinski definition) is 1. The summed E-state index contributed by atoms with van der Waals surface area (Å²) < 4.78 is 1.28. The highest BCUT2D eigenvalue weighted by atomic mass is 35.5. The molecule has 2 aromatic heterocycles. The topological polar surface area (TPSA) is 24.4 Å². The Kier molecular flexibility index (Phi) is 3.30. The molecule has 5 heteroatoms. The lowest BCUT2D eigenvalue weighted by Gasteiger charge is -2.17. The second kappa shape index (κ2) is 5.30. The van der Waals surface area contributed by atoms with Gasteiger partial charge in [-0.1, -0.05) is 24.3 Å². The smallest absolute Gasteiger partial charge is 0.196 e. The molecule has 0 saturated carbocycles. The first-order chi connectivity index (χ1) is 10.3. The maximum atomic E-state index is 6.18. The van der Waals surface area contributed by atoms with Gasteiger partial charge in [0, 0.05) is 9.58 Å².